The lowest BCUT2D eigenvalue weighted by Gasteiger charge is -2.37. The second kappa shape index (κ2) is 8.11. The Bertz CT molecular complexity index is 405. The zero-order valence-corrected chi connectivity index (χ0v) is 13.5. The highest BCUT2D eigenvalue weighted by Crippen LogP contribution is 2.20. The minimum Gasteiger partial charge on any atom is -0.481 e. The predicted octanol–water partition coefficient (Wildman–Crippen LogP) is 0.312. The number of nitrogens with one attached hydrogen (secondary N) is 1. The molecule has 1 heterocycles. The number of urea groups is 1. The van der Waals surface area contributed by atoms with Crippen molar-refractivity contribution in [2.45, 2.75) is 19.4 Å². The fraction of sp³-hybridized carbons (Fsp3) is 0.769. The molecule has 120 valence electrons. The molecule has 8 heteroatoms. The van der Waals surface area contributed by atoms with Crippen molar-refractivity contribution in [3.8, 4) is 0 Å². The number of carbonyl (C=O) groups is 3. The Labute approximate surface area is 129 Å². The molecule has 0 saturated carbocycles. The van der Waals surface area contributed by atoms with Crippen molar-refractivity contribution in [2.75, 3.05) is 38.7 Å². The van der Waals surface area contributed by atoms with Crippen LogP contribution in [0.5, 0.6) is 0 Å². The van der Waals surface area contributed by atoms with Gasteiger partial charge in [-0.3, -0.25) is 9.59 Å². The number of thioether (sulfide) groups is 1. The van der Waals surface area contributed by atoms with E-state index in [1.807, 2.05) is 0 Å². The molecule has 0 aliphatic carbocycles. The molecule has 1 aliphatic heterocycles. The van der Waals surface area contributed by atoms with Crippen molar-refractivity contribution in [2.24, 2.45) is 5.92 Å². The molecule has 2 atom stereocenters. The van der Waals surface area contributed by atoms with Crippen LogP contribution in [0.1, 0.15) is 13.3 Å². The summed E-state index contributed by atoms with van der Waals surface area (Å²) >= 11 is 1.66. The van der Waals surface area contributed by atoms with Gasteiger partial charge in [0.25, 0.3) is 0 Å². The number of amides is 3. The number of carbonyl (C=O) groups excluding carboxylic acids is 2. The third-order valence-electron chi connectivity index (χ3n) is 3.45. The largest absolute Gasteiger partial charge is 0.481 e. The minimum atomic E-state index is -0.901. The normalized spacial score (nSPS) is 19.8. The molecule has 0 aromatic carbocycles. The van der Waals surface area contributed by atoms with Gasteiger partial charge in [0.1, 0.15) is 0 Å². The number of carboxylic acids is 1. The molecule has 0 bridgehead atoms. The summed E-state index contributed by atoms with van der Waals surface area (Å²) in [5.41, 5.74) is 0. The molecule has 7 nitrogen and oxygen atoms in total. The molecular weight excluding hydrogens is 294 g/mol. The van der Waals surface area contributed by atoms with Crippen molar-refractivity contribution in [3.63, 3.8) is 0 Å². The van der Waals surface area contributed by atoms with Crippen molar-refractivity contribution in [1.29, 1.82) is 0 Å². The summed E-state index contributed by atoms with van der Waals surface area (Å²) in [6, 6.07) is -0.496. The quantitative estimate of drug-likeness (QED) is 0.762. The average molecular weight is 317 g/mol. The molecule has 0 spiro atoms. The molecule has 2 N–H and O–H groups in total. The van der Waals surface area contributed by atoms with Crippen molar-refractivity contribution in [1.82, 2.24) is 15.1 Å². The molecule has 0 aromatic heterocycles. The van der Waals surface area contributed by atoms with Gasteiger partial charge >= 0.3 is 12.0 Å². The van der Waals surface area contributed by atoms with Crippen LogP contribution in [0.4, 0.5) is 4.79 Å². The second-order valence-electron chi connectivity index (χ2n) is 5.20. The highest BCUT2D eigenvalue weighted by atomic mass is 32.2. The van der Waals surface area contributed by atoms with Crippen LogP contribution < -0.4 is 5.32 Å². The van der Waals surface area contributed by atoms with Gasteiger partial charge in [0.15, 0.2) is 0 Å². The van der Waals surface area contributed by atoms with E-state index >= 15 is 0 Å². The van der Waals surface area contributed by atoms with Crippen LogP contribution in [0.15, 0.2) is 0 Å². The number of carboxylic acid groups (broad SMARTS) is 1. The van der Waals surface area contributed by atoms with E-state index in [1.165, 1.54) is 4.90 Å². The van der Waals surface area contributed by atoms with E-state index in [0.29, 0.717) is 18.8 Å². The molecule has 0 aromatic rings. The Morgan fingerprint density at radius 2 is 2.14 bits per heavy atom. The fourth-order valence-corrected chi connectivity index (χ4v) is 3.38. The summed E-state index contributed by atoms with van der Waals surface area (Å²) in [6.45, 7) is 2.60. The molecule has 3 amide bonds. The first-order chi connectivity index (χ1) is 9.86. The maximum Gasteiger partial charge on any atom is 0.320 e. The van der Waals surface area contributed by atoms with Crippen LogP contribution in [0.2, 0.25) is 0 Å². The lowest BCUT2D eigenvalue weighted by molar-refractivity contribution is -0.138. The Morgan fingerprint density at radius 3 is 2.71 bits per heavy atom. The molecule has 1 rings (SSSR count). The van der Waals surface area contributed by atoms with Gasteiger partial charge in [0.2, 0.25) is 5.91 Å². The lowest BCUT2D eigenvalue weighted by atomic mass is 10.1. The van der Waals surface area contributed by atoms with E-state index in [2.05, 4.69) is 5.32 Å². The SMILES string of the molecule is CNC(=O)C(C)CN(C)C(=O)N1CCSCC1CC(=O)O. The van der Waals surface area contributed by atoms with Gasteiger partial charge in [-0.2, -0.15) is 11.8 Å². The minimum absolute atomic E-state index is 0.0441. The maximum atomic E-state index is 12.5. The van der Waals surface area contributed by atoms with Crippen molar-refractivity contribution >= 4 is 29.7 Å². The topological polar surface area (TPSA) is 90.0 Å². The van der Waals surface area contributed by atoms with Crippen LogP contribution >= 0.6 is 11.8 Å². The van der Waals surface area contributed by atoms with E-state index in [0.717, 1.165) is 5.75 Å². The van der Waals surface area contributed by atoms with Crippen molar-refractivity contribution < 1.29 is 19.5 Å². The van der Waals surface area contributed by atoms with Crippen LogP contribution in [0, 0.1) is 5.92 Å². The molecule has 1 fully saturated rings. The number of hydrogen-bond donors (Lipinski definition) is 2. The third-order valence-corrected chi connectivity index (χ3v) is 4.54. The number of rotatable bonds is 5. The second-order valence-corrected chi connectivity index (χ2v) is 6.35. The number of aliphatic carboxylic acids is 1. The Balaban J connectivity index is 2.65. The first-order valence-corrected chi connectivity index (χ1v) is 8.05. The first kappa shape index (κ1) is 17.6. The number of nitrogens with zero attached hydrogens (tertiary/aromatic N) is 2. The van der Waals surface area contributed by atoms with Gasteiger partial charge in [-0.15, -0.1) is 0 Å². The van der Waals surface area contributed by atoms with E-state index in [4.69, 9.17) is 5.11 Å². The molecule has 1 aliphatic rings. The van der Waals surface area contributed by atoms with Crippen LogP contribution in [-0.2, 0) is 9.59 Å². The average Bonchev–Trinajstić information content (AvgIpc) is 2.45. The monoisotopic (exact) mass is 317 g/mol. The maximum absolute atomic E-state index is 12.5. The van der Waals surface area contributed by atoms with Gasteiger partial charge in [-0.05, 0) is 0 Å². The summed E-state index contributed by atoms with van der Waals surface area (Å²) in [5.74, 6) is 0.117. The van der Waals surface area contributed by atoms with Gasteiger partial charge in [0.05, 0.1) is 18.4 Å². The van der Waals surface area contributed by atoms with Crippen LogP contribution in [-0.4, -0.2) is 77.5 Å². The lowest BCUT2D eigenvalue weighted by Crippen LogP contribution is -2.52. The molecule has 0 radical (unpaired) electrons. The highest BCUT2D eigenvalue weighted by Gasteiger charge is 2.31. The number of hydrogen-bond acceptors (Lipinski definition) is 4. The van der Waals surface area contributed by atoms with E-state index in [1.54, 1.807) is 37.7 Å². The summed E-state index contributed by atoms with van der Waals surface area (Å²) in [7, 11) is 3.20. The summed E-state index contributed by atoms with van der Waals surface area (Å²) < 4.78 is 0. The zero-order valence-electron chi connectivity index (χ0n) is 12.7. The van der Waals surface area contributed by atoms with E-state index in [9.17, 15) is 14.4 Å². The smallest absolute Gasteiger partial charge is 0.320 e. The van der Waals surface area contributed by atoms with Crippen molar-refractivity contribution in [3.05, 3.63) is 0 Å². The van der Waals surface area contributed by atoms with Gasteiger partial charge in [-0.1, -0.05) is 6.92 Å². The van der Waals surface area contributed by atoms with E-state index < -0.39 is 5.97 Å². The molecule has 21 heavy (non-hydrogen) atoms. The molecule has 2 unspecified atom stereocenters. The van der Waals surface area contributed by atoms with Gasteiger partial charge in [-0.25, -0.2) is 4.79 Å². The van der Waals surface area contributed by atoms with Crippen LogP contribution in [0.3, 0.4) is 0 Å². The summed E-state index contributed by atoms with van der Waals surface area (Å²) in [6.07, 6.45) is -0.0441. The molecule has 1 saturated heterocycles. The molecular formula is C13H23N3O4S. The standard InChI is InChI=1S/C13H23N3O4S/c1-9(12(19)14-2)7-15(3)13(20)16-4-5-21-8-10(16)6-11(17)18/h9-10H,4-8H2,1-3H3,(H,14,19)(H,17,18). The summed E-state index contributed by atoms with van der Waals surface area (Å²) in [4.78, 5) is 38.0. The van der Waals surface area contributed by atoms with E-state index in [-0.39, 0.29) is 30.3 Å². The third kappa shape index (κ3) is 5.11. The highest BCUT2D eigenvalue weighted by molar-refractivity contribution is 7.99. The summed E-state index contributed by atoms with van der Waals surface area (Å²) in [5, 5.41) is 11.5. The Kier molecular flexibility index (Phi) is 6.80. The fourth-order valence-electron chi connectivity index (χ4n) is 2.31. The van der Waals surface area contributed by atoms with Crippen LogP contribution in [0.25, 0.3) is 0 Å². The first-order valence-electron chi connectivity index (χ1n) is 6.89. The predicted molar refractivity (Wildman–Crippen MR) is 81.3 cm³/mol. The Morgan fingerprint density at radius 1 is 1.48 bits per heavy atom. The van der Waals surface area contributed by atoms with Gasteiger partial charge < -0.3 is 20.2 Å². The zero-order chi connectivity index (χ0) is 16.0. The Hall–Kier alpha value is -1.44. The van der Waals surface area contributed by atoms with Gasteiger partial charge in [0, 0.05) is 38.7 Å².